The van der Waals surface area contributed by atoms with E-state index in [9.17, 15) is 9.59 Å². The van der Waals surface area contributed by atoms with Gasteiger partial charge in [0.2, 0.25) is 5.91 Å². The summed E-state index contributed by atoms with van der Waals surface area (Å²) in [5.41, 5.74) is 3.20. The first-order valence-corrected chi connectivity index (χ1v) is 11.0. The molecule has 3 N–H and O–H groups in total. The summed E-state index contributed by atoms with van der Waals surface area (Å²) in [5.74, 6) is 0.493. The normalized spacial score (nSPS) is 19.1. The lowest BCUT2D eigenvalue weighted by atomic mass is 10.0. The molecule has 0 saturated heterocycles. The number of rotatable bonds is 7. The molecule has 2 amide bonds. The Morgan fingerprint density at radius 3 is 3.00 bits per heavy atom. The Balaban J connectivity index is 1.28. The number of hydrogen-bond acceptors (Lipinski definition) is 6. The van der Waals surface area contributed by atoms with Gasteiger partial charge in [-0.3, -0.25) is 9.89 Å². The van der Waals surface area contributed by atoms with Crippen LogP contribution in [0, 0.1) is 6.92 Å². The molecule has 3 aromatic rings. The molecule has 3 atom stereocenters. The lowest BCUT2D eigenvalue weighted by molar-refractivity contribution is -0.115. The largest absolute Gasteiger partial charge is 0.446 e. The third kappa shape index (κ3) is 5.24. The molecule has 0 unspecified atom stereocenters. The molecule has 10 nitrogen and oxygen atoms in total. The quantitative estimate of drug-likeness (QED) is 0.519. The molecule has 0 spiro atoms. The van der Waals surface area contributed by atoms with Crippen molar-refractivity contribution >= 4 is 23.5 Å². The van der Waals surface area contributed by atoms with E-state index in [0.29, 0.717) is 11.5 Å². The van der Waals surface area contributed by atoms with Gasteiger partial charge in [0, 0.05) is 23.7 Å². The number of aryl methyl sites for hydroxylation is 1. The van der Waals surface area contributed by atoms with Crippen LogP contribution < -0.4 is 10.6 Å². The molecule has 10 heteroatoms. The first-order chi connectivity index (χ1) is 15.4. The van der Waals surface area contributed by atoms with Crippen molar-refractivity contribution in [3.63, 3.8) is 0 Å². The number of carbonyl (C=O) groups excluding carboxylic acids is 2. The van der Waals surface area contributed by atoms with Crippen LogP contribution in [0.15, 0.2) is 24.4 Å². The van der Waals surface area contributed by atoms with Crippen molar-refractivity contribution in [2.45, 2.75) is 70.9 Å². The summed E-state index contributed by atoms with van der Waals surface area (Å²) in [6.45, 7) is 5.86. The second-order valence-electron chi connectivity index (χ2n) is 8.43. The van der Waals surface area contributed by atoms with Gasteiger partial charge >= 0.3 is 6.09 Å². The standard InChI is InChI=1S/C22H29N7O3/c1-4-13(2)24-22(31)32-17-7-5-15(9-17)18-11-19(27-26-18)25-21(30)10-16-6-8-20-23-14(3)12-29(20)28-16/h6,8,11-13,15,17H,4-5,7,9-10H2,1-3H3,(H,24,31)(H2,25,26,27,30)/t13-,15-,17+/m0/s1. The van der Waals surface area contributed by atoms with E-state index >= 15 is 0 Å². The van der Waals surface area contributed by atoms with Gasteiger partial charge in [-0.2, -0.15) is 10.2 Å². The molecule has 0 radical (unpaired) electrons. The summed E-state index contributed by atoms with van der Waals surface area (Å²) in [7, 11) is 0. The molecule has 0 aromatic carbocycles. The smallest absolute Gasteiger partial charge is 0.407 e. The third-order valence-electron chi connectivity index (χ3n) is 5.78. The first-order valence-electron chi connectivity index (χ1n) is 11.0. The van der Waals surface area contributed by atoms with Crippen LogP contribution in [0.3, 0.4) is 0 Å². The summed E-state index contributed by atoms with van der Waals surface area (Å²) in [5, 5.41) is 17.3. The van der Waals surface area contributed by atoms with Gasteiger partial charge < -0.3 is 15.4 Å². The van der Waals surface area contributed by atoms with Crippen LogP contribution in [0.2, 0.25) is 0 Å². The molecule has 3 heterocycles. The molecule has 32 heavy (non-hydrogen) atoms. The Kier molecular flexibility index (Phi) is 6.38. The minimum Gasteiger partial charge on any atom is -0.446 e. The van der Waals surface area contributed by atoms with Crippen LogP contribution in [0.25, 0.3) is 5.65 Å². The number of fused-ring (bicyclic) bond motifs is 1. The number of alkyl carbamates (subject to hydrolysis) is 1. The zero-order chi connectivity index (χ0) is 22.7. The van der Waals surface area contributed by atoms with Gasteiger partial charge in [-0.05, 0) is 51.7 Å². The van der Waals surface area contributed by atoms with Crippen LogP contribution in [0.1, 0.15) is 62.5 Å². The molecule has 170 valence electrons. The molecule has 1 aliphatic carbocycles. The number of H-pyrrole nitrogens is 1. The first kappa shape index (κ1) is 21.8. The van der Waals surface area contributed by atoms with Crippen LogP contribution in [-0.2, 0) is 16.0 Å². The predicted octanol–water partition coefficient (Wildman–Crippen LogP) is 3.10. The van der Waals surface area contributed by atoms with Crippen molar-refractivity contribution in [3.05, 3.63) is 41.5 Å². The van der Waals surface area contributed by atoms with E-state index in [1.165, 1.54) is 0 Å². The van der Waals surface area contributed by atoms with E-state index < -0.39 is 0 Å². The maximum Gasteiger partial charge on any atom is 0.407 e. The third-order valence-corrected chi connectivity index (χ3v) is 5.78. The highest BCUT2D eigenvalue weighted by molar-refractivity contribution is 5.91. The Morgan fingerprint density at radius 1 is 1.34 bits per heavy atom. The summed E-state index contributed by atoms with van der Waals surface area (Å²) in [6.07, 6.45) is 4.78. The van der Waals surface area contributed by atoms with Crippen LogP contribution in [0.4, 0.5) is 10.6 Å². The number of carbonyl (C=O) groups is 2. The monoisotopic (exact) mass is 439 g/mol. The Bertz CT molecular complexity index is 1110. The highest BCUT2D eigenvalue weighted by Gasteiger charge is 2.30. The topological polar surface area (TPSA) is 126 Å². The van der Waals surface area contributed by atoms with Gasteiger partial charge in [-0.15, -0.1) is 0 Å². The highest BCUT2D eigenvalue weighted by Crippen LogP contribution is 2.35. The minimum atomic E-state index is -0.361. The van der Waals surface area contributed by atoms with E-state index in [2.05, 4.69) is 30.9 Å². The Labute approximate surface area is 186 Å². The number of hydrogen-bond donors (Lipinski definition) is 3. The fourth-order valence-electron chi connectivity index (χ4n) is 3.91. The van der Waals surface area contributed by atoms with Gasteiger partial charge in [-0.25, -0.2) is 14.3 Å². The van der Waals surface area contributed by atoms with Crippen molar-refractivity contribution in [3.8, 4) is 0 Å². The van der Waals surface area contributed by atoms with Gasteiger partial charge in [0.1, 0.15) is 6.10 Å². The zero-order valence-corrected chi connectivity index (χ0v) is 18.6. The van der Waals surface area contributed by atoms with E-state index in [1.54, 1.807) is 10.6 Å². The number of ether oxygens (including phenoxy) is 1. The Hall–Kier alpha value is -3.43. The van der Waals surface area contributed by atoms with Crippen molar-refractivity contribution in [1.29, 1.82) is 0 Å². The van der Waals surface area contributed by atoms with Gasteiger partial charge in [0.05, 0.1) is 24.0 Å². The molecule has 1 saturated carbocycles. The zero-order valence-electron chi connectivity index (χ0n) is 18.6. The Morgan fingerprint density at radius 2 is 2.19 bits per heavy atom. The number of nitrogens with zero attached hydrogens (tertiary/aromatic N) is 4. The summed E-state index contributed by atoms with van der Waals surface area (Å²) >= 11 is 0. The maximum atomic E-state index is 12.4. The van der Waals surface area contributed by atoms with E-state index in [0.717, 1.165) is 42.7 Å². The summed E-state index contributed by atoms with van der Waals surface area (Å²) in [6, 6.07) is 5.59. The molecule has 3 aromatic heterocycles. The molecular weight excluding hydrogens is 410 g/mol. The van der Waals surface area contributed by atoms with E-state index in [-0.39, 0.29) is 36.5 Å². The second-order valence-corrected chi connectivity index (χ2v) is 8.43. The SMILES string of the molecule is CC[C@H](C)NC(=O)O[C@@H]1CC[C@H](c2cc(NC(=O)Cc3ccc4nc(C)cn4n3)n[nH]2)C1. The molecule has 4 rings (SSSR count). The van der Waals surface area contributed by atoms with Crippen LogP contribution in [0.5, 0.6) is 0 Å². The van der Waals surface area contributed by atoms with Crippen molar-refractivity contribution in [2.75, 3.05) is 5.32 Å². The molecule has 1 fully saturated rings. The maximum absolute atomic E-state index is 12.4. The molecule has 1 aliphatic rings. The number of nitrogens with one attached hydrogen (secondary N) is 3. The number of aromatic amines is 1. The van der Waals surface area contributed by atoms with Crippen LogP contribution in [-0.4, -0.2) is 48.9 Å². The molecule has 0 aliphatic heterocycles. The fourth-order valence-corrected chi connectivity index (χ4v) is 3.91. The van der Waals surface area contributed by atoms with Crippen molar-refractivity contribution < 1.29 is 14.3 Å². The molecule has 0 bridgehead atoms. The van der Waals surface area contributed by atoms with Crippen LogP contribution >= 0.6 is 0 Å². The van der Waals surface area contributed by atoms with E-state index in [4.69, 9.17) is 4.74 Å². The minimum absolute atomic E-state index is 0.0969. The number of imidazole rings is 1. The van der Waals surface area contributed by atoms with Gasteiger partial charge in [-0.1, -0.05) is 6.92 Å². The average Bonchev–Trinajstić information content (AvgIpc) is 3.46. The highest BCUT2D eigenvalue weighted by atomic mass is 16.6. The number of anilines is 1. The van der Waals surface area contributed by atoms with Crippen molar-refractivity contribution in [2.24, 2.45) is 0 Å². The summed E-state index contributed by atoms with van der Waals surface area (Å²) in [4.78, 5) is 28.7. The van der Waals surface area contributed by atoms with Gasteiger partial charge in [0.25, 0.3) is 0 Å². The van der Waals surface area contributed by atoms with Gasteiger partial charge in [0.15, 0.2) is 11.5 Å². The lowest BCUT2D eigenvalue weighted by Gasteiger charge is -2.16. The second kappa shape index (κ2) is 9.37. The van der Waals surface area contributed by atoms with E-state index in [1.807, 2.05) is 39.1 Å². The average molecular weight is 440 g/mol. The number of aromatic nitrogens is 5. The number of amides is 2. The predicted molar refractivity (Wildman–Crippen MR) is 118 cm³/mol. The van der Waals surface area contributed by atoms with Crippen molar-refractivity contribution in [1.82, 2.24) is 30.1 Å². The lowest BCUT2D eigenvalue weighted by Crippen LogP contribution is -2.34. The fraction of sp³-hybridized carbons (Fsp3) is 0.500. The molecular formula is C22H29N7O3. The summed E-state index contributed by atoms with van der Waals surface area (Å²) < 4.78 is 7.21.